The molecule has 0 saturated carbocycles. The lowest BCUT2D eigenvalue weighted by Crippen LogP contribution is -2.53. The topological polar surface area (TPSA) is 139 Å². The third-order valence-electron chi connectivity index (χ3n) is 7.48. The van der Waals surface area contributed by atoms with Crippen LogP contribution in [0, 0.1) is 24.0 Å². The third kappa shape index (κ3) is 8.52. The van der Waals surface area contributed by atoms with E-state index in [0.717, 1.165) is 21.5 Å². The fourth-order valence-corrected chi connectivity index (χ4v) is 6.42. The molecule has 0 heterocycles. The second-order valence-corrected chi connectivity index (χ2v) is 13.1. The number of nitro groups is 1. The van der Waals surface area contributed by atoms with E-state index in [-0.39, 0.29) is 46.9 Å². The van der Waals surface area contributed by atoms with E-state index in [1.54, 1.807) is 6.92 Å². The monoisotopic (exact) mass is 658 g/mol. The van der Waals surface area contributed by atoms with E-state index in [4.69, 9.17) is 16.3 Å². The van der Waals surface area contributed by atoms with Crippen LogP contribution in [0.1, 0.15) is 50.3 Å². The first-order valence-electron chi connectivity index (χ1n) is 14.5. The van der Waals surface area contributed by atoms with Gasteiger partial charge < -0.3 is 15.0 Å². The van der Waals surface area contributed by atoms with Crippen molar-refractivity contribution in [3.8, 4) is 5.75 Å². The van der Waals surface area contributed by atoms with Gasteiger partial charge in [-0.15, -0.1) is 0 Å². The van der Waals surface area contributed by atoms with Gasteiger partial charge in [-0.1, -0.05) is 61.3 Å². The average Bonchev–Trinajstić information content (AvgIpc) is 2.99. The van der Waals surface area contributed by atoms with Crippen molar-refractivity contribution in [2.75, 3.05) is 18.0 Å². The van der Waals surface area contributed by atoms with Crippen LogP contribution in [0.3, 0.4) is 0 Å². The highest BCUT2D eigenvalue weighted by molar-refractivity contribution is 7.92. The molecule has 0 aliphatic heterocycles. The molecule has 3 aromatic rings. The number of anilines is 1. The number of carbonyl (C=O) groups is 2. The predicted molar refractivity (Wildman–Crippen MR) is 174 cm³/mol. The fourth-order valence-electron chi connectivity index (χ4n) is 4.81. The molecule has 0 fully saturated rings. The molecule has 0 radical (unpaired) electrons. The molecule has 1 N–H and O–H groups in total. The number of carbonyl (C=O) groups excluding carboxylic acids is 2. The molecule has 2 amide bonds. The summed E-state index contributed by atoms with van der Waals surface area (Å²) in [5.41, 5.74) is 1.53. The highest BCUT2D eigenvalue weighted by Crippen LogP contribution is 2.36. The number of amides is 2. The van der Waals surface area contributed by atoms with Crippen LogP contribution < -0.4 is 14.4 Å². The van der Waals surface area contributed by atoms with Crippen LogP contribution in [0.5, 0.6) is 5.75 Å². The Morgan fingerprint density at radius 2 is 1.76 bits per heavy atom. The zero-order valence-corrected chi connectivity index (χ0v) is 27.8. The van der Waals surface area contributed by atoms with Gasteiger partial charge in [-0.05, 0) is 63.4 Å². The molecule has 45 heavy (non-hydrogen) atoms. The SMILES string of the molecule is CC[C@@H](C)NC(=O)[C@@H](CC)N(Cc1cccc(C)c1)C(=O)CN(c1cc(Cl)ccc1OC)S(=O)(=O)c1ccc(C)c([N+](=O)[O-])c1. The standard InChI is InChI=1S/C32H39ClN4O7S/c1-7-23(5)34-32(39)27(8-2)35(19-24-11-9-10-21(3)16-24)31(38)20-36(29-17-25(33)13-15-30(29)44-6)45(42,43)26-14-12-22(4)28(18-26)37(40)41/h9-18,23,27H,7-8,19-20H2,1-6H3,(H,34,39)/t23-,27-/m1/s1. The Labute approximate surface area is 269 Å². The highest BCUT2D eigenvalue weighted by Gasteiger charge is 2.36. The number of nitrogens with one attached hydrogen (secondary N) is 1. The van der Waals surface area contributed by atoms with Crippen LogP contribution in [-0.4, -0.2) is 55.8 Å². The Kier molecular flexibility index (Phi) is 11.9. The molecular formula is C32H39ClN4O7S. The summed E-state index contributed by atoms with van der Waals surface area (Å²) < 4.78 is 34.8. The number of nitrogens with zero attached hydrogens (tertiary/aromatic N) is 3. The first kappa shape index (κ1) is 35.3. The van der Waals surface area contributed by atoms with Crippen LogP contribution in [0.2, 0.25) is 5.02 Å². The molecule has 2 atom stereocenters. The lowest BCUT2D eigenvalue weighted by atomic mass is 10.1. The molecule has 0 aliphatic rings. The van der Waals surface area contributed by atoms with E-state index >= 15 is 0 Å². The van der Waals surface area contributed by atoms with Gasteiger partial charge in [0.25, 0.3) is 15.7 Å². The van der Waals surface area contributed by atoms with E-state index in [1.165, 1.54) is 49.3 Å². The number of ether oxygens (including phenoxy) is 1. The van der Waals surface area contributed by atoms with Crippen molar-refractivity contribution < 1.29 is 27.7 Å². The highest BCUT2D eigenvalue weighted by atomic mass is 35.5. The van der Waals surface area contributed by atoms with Crippen molar-refractivity contribution in [1.82, 2.24) is 10.2 Å². The molecule has 0 aromatic heterocycles. The van der Waals surface area contributed by atoms with Gasteiger partial charge in [0, 0.05) is 29.2 Å². The normalized spacial score (nSPS) is 12.6. The van der Waals surface area contributed by atoms with Crippen LogP contribution in [0.25, 0.3) is 0 Å². The van der Waals surface area contributed by atoms with Crippen molar-refractivity contribution in [3.63, 3.8) is 0 Å². The molecule has 13 heteroatoms. The summed E-state index contributed by atoms with van der Waals surface area (Å²) >= 11 is 6.28. The van der Waals surface area contributed by atoms with Gasteiger partial charge in [0.05, 0.1) is 22.6 Å². The maximum atomic E-state index is 14.3. The zero-order chi connectivity index (χ0) is 33.5. The largest absolute Gasteiger partial charge is 0.495 e. The number of halogens is 1. The minimum atomic E-state index is -4.62. The molecule has 0 spiro atoms. The second-order valence-electron chi connectivity index (χ2n) is 10.8. The number of methoxy groups -OCH3 is 1. The average molecular weight is 659 g/mol. The summed E-state index contributed by atoms with van der Waals surface area (Å²) in [7, 11) is -3.28. The molecule has 3 rings (SSSR count). The summed E-state index contributed by atoms with van der Waals surface area (Å²) in [6.45, 7) is 8.24. The van der Waals surface area contributed by atoms with Crippen molar-refractivity contribution in [3.05, 3.63) is 92.5 Å². The molecule has 11 nitrogen and oxygen atoms in total. The smallest absolute Gasteiger partial charge is 0.273 e. The molecular weight excluding hydrogens is 620 g/mol. The molecule has 242 valence electrons. The quantitative estimate of drug-likeness (QED) is 0.171. The summed E-state index contributed by atoms with van der Waals surface area (Å²) in [4.78, 5) is 39.8. The Hall–Kier alpha value is -4.16. The van der Waals surface area contributed by atoms with E-state index in [9.17, 15) is 28.1 Å². The van der Waals surface area contributed by atoms with Crippen molar-refractivity contribution in [2.45, 2.75) is 71.0 Å². The lowest BCUT2D eigenvalue weighted by Gasteiger charge is -2.34. The number of aryl methyl sites for hydroxylation is 2. The van der Waals surface area contributed by atoms with Crippen molar-refractivity contribution >= 4 is 44.8 Å². The Balaban J connectivity index is 2.19. The number of hydrogen-bond acceptors (Lipinski definition) is 7. The molecule has 3 aromatic carbocycles. The van der Waals surface area contributed by atoms with E-state index < -0.39 is 44.0 Å². The van der Waals surface area contributed by atoms with Gasteiger partial charge in [0.15, 0.2) is 0 Å². The summed E-state index contributed by atoms with van der Waals surface area (Å²) in [6.07, 6.45) is 0.939. The van der Waals surface area contributed by atoms with Crippen molar-refractivity contribution in [1.29, 1.82) is 0 Å². The van der Waals surface area contributed by atoms with Gasteiger partial charge >= 0.3 is 0 Å². The van der Waals surface area contributed by atoms with E-state index in [2.05, 4.69) is 5.32 Å². The Bertz CT molecular complexity index is 1660. The van der Waals surface area contributed by atoms with Crippen LogP contribution in [-0.2, 0) is 26.2 Å². The molecule has 0 unspecified atom stereocenters. The zero-order valence-electron chi connectivity index (χ0n) is 26.2. The van der Waals surface area contributed by atoms with Crippen LogP contribution in [0.15, 0.2) is 65.6 Å². The van der Waals surface area contributed by atoms with Gasteiger partial charge in [0.1, 0.15) is 18.3 Å². The number of hydrogen-bond donors (Lipinski definition) is 1. The third-order valence-corrected chi connectivity index (χ3v) is 9.47. The second kappa shape index (κ2) is 15.2. The van der Waals surface area contributed by atoms with E-state index in [1.807, 2.05) is 45.0 Å². The van der Waals surface area contributed by atoms with Gasteiger partial charge in [-0.25, -0.2) is 8.42 Å². The number of nitro benzene ring substituents is 1. The lowest BCUT2D eigenvalue weighted by molar-refractivity contribution is -0.385. The number of benzene rings is 3. The first-order valence-corrected chi connectivity index (χ1v) is 16.3. The van der Waals surface area contributed by atoms with Crippen LogP contribution in [0.4, 0.5) is 11.4 Å². The summed E-state index contributed by atoms with van der Waals surface area (Å²) in [5.74, 6) is -0.934. The molecule has 0 saturated heterocycles. The van der Waals surface area contributed by atoms with Gasteiger partial charge in [-0.3, -0.25) is 24.0 Å². The maximum Gasteiger partial charge on any atom is 0.273 e. The number of sulfonamides is 1. The first-order chi connectivity index (χ1) is 21.2. The Morgan fingerprint density at radius 1 is 1.04 bits per heavy atom. The van der Waals surface area contributed by atoms with Gasteiger partial charge in [0.2, 0.25) is 11.8 Å². The molecule has 0 bridgehead atoms. The fraction of sp³-hybridized carbons (Fsp3) is 0.375. The minimum Gasteiger partial charge on any atom is -0.495 e. The minimum absolute atomic E-state index is 0.0313. The van der Waals surface area contributed by atoms with Crippen molar-refractivity contribution in [2.24, 2.45) is 0 Å². The van der Waals surface area contributed by atoms with E-state index in [0.29, 0.717) is 6.42 Å². The number of rotatable bonds is 14. The van der Waals surface area contributed by atoms with Crippen LogP contribution >= 0.6 is 11.6 Å². The van der Waals surface area contributed by atoms with Gasteiger partial charge in [-0.2, -0.15) is 0 Å². The summed E-state index contributed by atoms with van der Waals surface area (Å²) in [5, 5.41) is 14.8. The summed E-state index contributed by atoms with van der Waals surface area (Å²) in [6, 6.07) is 14.2. The predicted octanol–water partition coefficient (Wildman–Crippen LogP) is 5.79. The molecule has 0 aliphatic carbocycles. The Morgan fingerprint density at radius 3 is 2.36 bits per heavy atom. The maximum absolute atomic E-state index is 14.3.